The molecule has 1 fully saturated rings. The normalized spacial score (nSPS) is 19.6. The molecule has 0 saturated carbocycles. The van der Waals surface area contributed by atoms with Gasteiger partial charge in [-0.05, 0) is 12.8 Å². The summed E-state index contributed by atoms with van der Waals surface area (Å²) < 4.78 is 6.20. The highest BCUT2D eigenvalue weighted by Gasteiger charge is 2.28. The van der Waals surface area contributed by atoms with Crippen molar-refractivity contribution in [1.29, 1.82) is 0 Å². The number of aromatic nitrogens is 3. The highest BCUT2D eigenvalue weighted by Crippen LogP contribution is 2.17. The average Bonchev–Trinajstić information content (AvgIpc) is 2.90. The lowest BCUT2D eigenvalue weighted by Crippen LogP contribution is -2.44. The van der Waals surface area contributed by atoms with Crippen LogP contribution >= 0.6 is 0 Å². The number of hydrogen-bond acceptors (Lipinski definition) is 5. The quantitative estimate of drug-likeness (QED) is 0.690. The van der Waals surface area contributed by atoms with E-state index in [9.17, 15) is 9.59 Å². The number of esters is 1. The van der Waals surface area contributed by atoms with Crippen LogP contribution in [0.3, 0.4) is 0 Å². The fourth-order valence-electron chi connectivity index (χ4n) is 2.12. The van der Waals surface area contributed by atoms with Crippen molar-refractivity contribution in [3.63, 3.8) is 0 Å². The summed E-state index contributed by atoms with van der Waals surface area (Å²) in [5.74, 6) is -0.495. The maximum Gasteiger partial charge on any atom is 0.310 e. The maximum atomic E-state index is 12.0. The predicted molar refractivity (Wildman–Crippen MR) is 61.3 cm³/mol. The summed E-state index contributed by atoms with van der Waals surface area (Å²) in [5.41, 5.74) is 0. The van der Waals surface area contributed by atoms with Crippen LogP contribution in [0.2, 0.25) is 0 Å². The summed E-state index contributed by atoms with van der Waals surface area (Å²) >= 11 is 0. The molecular formula is C11H16N4O3. The maximum absolute atomic E-state index is 12.0. The zero-order valence-electron chi connectivity index (χ0n) is 10.3. The monoisotopic (exact) mass is 252 g/mol. The van der Waals surface area contributed by atoms with Gasteiger partial charge in [-0.15, -0.1) is 5.10 Å². The van der Waals surface area contributed by atoms with Crippen molar-refractivity contribution in [2.75, 3.05) is 20.2 Å². The van der Waals surface area contributed by atoms with Crippen LogP contribution < -0.4 is 0 Å². The van der Waals surface area contributed by atoms with Crippen LogP contribution in [0, 0.1) is 5.92 Å². The first-order valence-corrected chi connectivity index (χ1v) is 5.90. The lowest BCUT2D eigenvalue weighted by atomic mass is 9.98. The van der Waals surface area contributed by atoms with Gasteiger partial charge in [-0.3, -0.25) is 9.59 Å². The van der Waals surface area contributed by atoms with E-state index in [2.05, 4.69) is 10.3 Å². The SMILES string of the molecule is COC(=O)[C@H]1CCCN(C(=O)Cn2ccnn2)C1. The van der Waals surface area contributed by atoms with Crippen molar-refractivity contribution in [1.82, 2.24) is 19.9 Å². The van der Waals surface area contributed by atoms with E-state index in [0.29, 0.717) is 13.1 Å². The van der Waals surface area contributed by atoms with E-state index in [0.717, 1.165) is 12.8 Å². The number of nitrogens with zero attached hydrogens (tertiary/aromatic N) is 4. The van der Waals surface area contributed by atoms with Gasteiger partial charge < -0.3 is 9.64 Å². The van der Waals surface area contributed by atoms with Gasteiger partial charge in [-0.2, -0.15) is 0 Å². The van der Waals surface area contributed by atoms with E-state index in [-0.39, 0.29) is 24.3 Å². The zero-order chi connectivity index (χ0) is 13.0. The fraction of sp³-hybridized carbons (Fsp3) is 0.636. The molecule has 2 rings (SSSR count). The second kappa shape index (κ2) is 5.61. The minimum absolute atomic E-state index is 0.0471. The van der Waals surface area contributed by atoms with Gasteiger partial charge in [0.25, 0.3) is 0 Å². The molecule has 1 amide bonds. The first-order valence-electron chi connectivity index (χ1n) is 5.90. The predicted octanol–water partition coefficient (Wildman–Crippen LogP) is -0.310. The van der Waals surface area contributed by atoms with Crippen molar-refractivity contribution in [3.05, 3.63) is 12.4 Å². The van der Waals surface area contributed by atoms with Crippen LogP contribution in [0.4, 0.5) is 0 Å². The van der Waals surface area contributed by atoms with Crippen LogP contribution in [0.5, 0.6) is 0 Å². The van der Waals surface area contributed by atoms with Crippen LogP contribution in [0.25, 0.3) is 0 Å². The van der Waals surface area contributed by atoms with Crippen molar-refractivity contribution in [2.24, 2.45) is 5.92 Å². The number of carbonyl (C=O) groups is 2. The highest BCUT2D eigenvalue weighted by atomic mass is 16.5. The molecule has 1 saturated heterocycles. The summed E-state index contributed by atoms with van der Waals surface area (Å²) in [5, 5.41) is 7.39. The van der Waals surface area contributed by atoms with Gasteiger partial charge in [0.05, 0.1) is 19.2 Å². The molecule has 0 radical (unpaired) electrons. The largest absolute Gasteiger partial charge is 0.469 e. The molecule has 0 aliphatic carbocycles. The zero-order valence-corrected chi connectivity index (χ0v) is 10.3. The average molecular weight is 252 g/mol. The molecule has 0 spiro atoms. The molecule has 2 heterocycles. The number of likely N-dealkylation sites (tertiary alicyclic amines) is 1. The number of carbonyl (C=O) groups excluding carboxylic acids is 2. The summed E-state index contributed by atoms with van der Waals surface area (Å²) in [6, 6.07) is 0. The van der Waals surface area contributed by atoms with Gasteiger partial charge >= 0.3 is 5.97 Å². The van der Waals surface area contributed by atoms with Crippen LogP contribution in [-0.4, -0.2) is 52.0 Å². The Morgan fingerprint density at radius 3 is 3.00 bits per heavy atom. The first kappa shape index (κ1) is 12.5. The number of amides is 1. The minimum Gasteiger partial charge on any atom is -0.469 e. The van der Waals surface area contributed by atoms with Gasteiger partial charge in [-0.25, -0.2) is 4.68 Å². The molecule has 7 heteroatoms. The van der Waals surface area contributed by atoms with Crippen LogP contribution in [0.1, 0.15) is 12.8 Å². The third-order valence-corrected chi connectivity index (χ3v) is 3.08. The van der Waals surface area contributed by atoms with Crippen molar-refractivity contribution in [2.45, 2.75) is 19.4 Å². The van der Waals surface area contributed by atoms with Gasteiger partial charge in [0.15, 0.2) is 0 Å². The molecule has 1 aliphatic rings. The molecule has 1 aromatic heterocycles. The summed E-state index contributed by atoms with van der Waals surface area (Å²) in [6.45, 7) is 1.27. The number of ether oxygens (including phenoxy) is 1. The fourth-order valence-corrected chi connectivity index (χ4v) is 2.12. The van der Waals surface area contributed by atoms with Gasteiger partial charge in [0.1, 0.15) is 6.54 Å². The van der Waals surface area contributed by atoms with E-state index in [1.165, 1.54) is 18.0 Å². The molecule has 18 heavy (non-hydrogen) atoms. The Bertz CT molecular complexity index is 418. The Balaban J connectivity index is 1.92. The summed E-state index contributed by atoms with van der Waals surface area (Å²) in [4.78, 5) is 25.2. The number of hydrogen-bond donors (Lipinski definition) is 0. The van der Waals surface area contributed by atoms with E-state index in [1.54, 1.807) is 11.1 Å². The standard InChI is InChI=1S/C11H16N4O3/c1-18-11(17)9-3-2-5-14(7-9)10(16)8-15-6-4-12-13-15/h4,6,9H,2-3,5,7-8H2,1H3/t9-/m0/s1. The molecular weight excluding hydrogens is 236 g/mol. The minimum atomic E-state index is -0.242. The molecule has 1 aliphatic heterocycles. The highest BCUT2D eigenvalue weighted by molar-refractivity contribution is 5.78. The smallest absolute Gasteiger partial charge is 0.310 e. The third kappa shape index (κ3) is 2.85. The first-order chi connectivity index (χ1) is 8.70. The Labute approximate surface area is 105 Å². The molecule has 1 atom stereocenters. The Kier molecular flexibility index (Phi) is 3.91. The van der Waals surface area contributed by atoms with Crippen molar-refractivity contribution < 1.29 is 14.3 Å². The molecule has 0 aromatic carbocycles. The van der Waals surface area contributed by atoms with Crippen LogP contribution in [-0.2, 0) is 20.9 Å². The van der Waals surface area contributed by atoms with E-state index >= 15 is 0 Å². The number of rotatable bonds is 3. The van der Waals surface area contributed by atoms with Gasteiger partial charge in [0, 0.05) is 19.3 Å². The van der Waals surface area contributed by atoms with Gasteiger partial charge in [0.2, 0.25) is 5.91 Å². The molecule has 0 N–H and O–H groups in total. The molecule has 7 nitrogen and oxygen atoms in total. The summed E-state index contributed by atoms with van der Waals surface area (Å²) in [7, 11) is 1.37. The second-order valence-electron chi connectivity index (χ2n) is 4.30. The van der Waals surface area contributed by atoms with E-state index < -0.39 is 0 Å². The Hall–Kier alpha value is -1.92. The summed E-state index contributed by atoms with van der Waals surface area (Å²) in [6.07, 6.45) is 4.77. The van der Waals surface area contributed by atoms with Gasteiger partial charge in [-0.1, -0.05) is 5.21 Å². The molecule has 0 bridgehead atoms. The number of piperidine rings is 1. The lowest BCUT2D eigenvalue weighted by Gasteiger charge is -2.31. The molecule has 1 aromatic rings. The van der Waals surface area contributed by atoms with Crippen molar-refractivity contribution >= 4 is 11.9 Å². The second-order valence-corrected chi connectivity index (χ2v) is 4.30. The number of methoxy groups -OCH3 is 1. The third-order valence-electron chi connectivity index (χ3n) is 3.08. The topological polar surface area (TPSA) is 77.3 Å². The lowest BCUT2D eigenvalue weighted by molar-refractivity contribution is -0.149. The van der Waals surface area contributed by atoms with Crippen LogP contribution in [0.15, 0.2) is 12.4 Å². The Morgan fingerprint density at radius 2 is 2.33 bits per heavy atom. The molecule has 98 valence electrons. The molecule has 0 unspecified atom stereocenters. The van der Waals surface area contributed by atoms with E-state index in [1.807, 2.05) is 0 Å². The Morgan fingerprint density at radius 1 is 1.50 bits per heavy atom. The van der Waals surface area contributed by atoms with E-state index in [4.69, 9.17) is 4.74 Å². The van der Waals surface area contributed by atoms with Crippen molar-refractivity contribution in [3.8, 4) is 0 Å².